The molecule has 6 nitrogen and oxygen atoms in total. The van der Waals surface area contributed by atoms with Crippen LogP contribution in [0.1, 0.15) is 24.3 Å². The van der Waals surface area contributed by atoms with Gasteiger partial charge in [-0.2, -0.15) is 4.98 Å². The minimum absolute atomic E-state index is 0.101. The van der Waals surface area contributed by atoms with Gasteiger partial charge in [-0.15, -0.1) is 0 Å². The van der Waals surface area contributed by atoms with E-state index in [9.17, 15) is 4.79 Å². The molecule has 1 atom stereocenters. The zero-order valence-corrected chi connectivity index (χ0v) is 19.1. The van der Waals surface area contributed by atoms with Crippen LogP contribution in [0.2, 0.25) is 15.1 Å². The summed E-state index contributed by atoms with van der Waals surface area (Å²) >= 11 is 18.2. The highest BCUT2D eigenvalue weighted by atomic mass is 35.5. The zero-order valence-electron chi connectivity index (χ0n) is 16.9. The van der Waals surface area contributed by atoms with Gasteiger partial charge in [0, 0.05) is 12.1 Å². The number of aromatic nitrogens is 2. The third-order valence-corrected chi connectivity index (χ3v) is 6.28. The molecule has 0 bridgehead atoms. The number of halogens is 3. The number of carbonyl (C=O) groups is 1. The number of piperidine rings is 1. The number of anilines is 1. The van der Waals surface area contributed by atoms with Crippen molar-refractivity contribution in [3.8, 4) is 11.4 Å². The van der Waals surface area contributed by atoms with Crippen molar-refractivity contribution in [2.75, 3.05) is 18.4 Å². The number of hydrogen-bond acceptors (Lipinski definition) is 5. The van der Waals surface area contributed by atoms with E-state index in [1.54, 1.807) is 6.07 Å². The molecule has 1 fully saturated rings. The number of carbonyl (C=O) groups excluding carboxylic acids is 1. The maximum Gasteiger partial charge on any atom is 0.241 e. The van der Waals surface area contributed by atoms with Gasteiger partial charge in [0.05, 0.1) is 33.2 Å². The number of hydrogen-bond donors (Lipinski definition) is 1. The Bertz CT molecular complexity index is 1100. The Morgan fingerprint density at radius 2 is 2.00 bits per heavy atom. The molecular weight excluding hydrogens is 459 g/mol. The zero-order chi connectivity index (χ0) is 22.0. The van der Waals surface area contributed by atoms with Crippen LogP contribution in [0.3, 0.4) is 0 Å². The van der Waals surface area contributed by atoms with E-state index in [4.69, 9.17) is 39.3 Å². The van der Waals surface area contributed by atoms with Gasteiger partial charge in [-0.1, -0.05) is 63.7 Å². The standard InChI is InChI=1S/C22H21Cl3N4O2/c1-13-4-2-5-14(8-13)21-27-20(31-28-21)12-29-7-3-6-15(11-29)22(30)26-19-10-17(24)16(23)9-18(19)25/h2,4-5,8-10,15H,3,6-7,11-12H2,1H3,(H,26,30). The topological polar surface area (TPSA) is 71.3 Å². The van der Waals surface area contributed by atoms with Gasteiger partial charge in [0.1, 0.15) is 0 Å². The van der Waals surface area contributed by atoms with Crippen molar-refractivity contribution in [1.82, 2.24) is 15.0 Å². The number of likely N-dealkylation sites (tertiary alicyclic amines) is 1. The van der Waals surface area contributed by atoms with Crippen LogP contribution in [0.25, 0.3) is 11.4 Å². The van der Waals surface area contributed by atoms with Crippen LogP contribution in [0.4, 0.5) is 5.69 Å². The van der Waals surface area contributed by atoms with Gasteiger partial charge in [0.2, 0.25) is 17.6 Å². The summed E-state index contributed by atoms with van der Waals surface area (Å²) in [6.07, 6.45) is 1.69. The molecule has 2 aromatic carbocycles. The molecule has 1 N–H and O–H groups in total. The molecule has 162 valence electrons. The lowest BCUT2D eigenvalue weighted by Gasteiger charge is -2.31. The molecule has 1 unspecified atom stereocenters. The van der Waals surface area contributed by atoms with Gasteiger partial charge in [-0.05, 0) is 44.5 Å². The lowest BCUT2D eigenvalue weighted by atomic mass is 9.97. The summed E-state index contributed by atoms with van der Waals surface area (Å²) in [5.74, 6) is 0.818. The quantitative estimate of drug-likeness (QED) is 0.464. The third-order valence-electron chi connectivity index (χ3n) is 5.25. The van der Waals surface area contributed by atoms with E-state index in [-0.39, 0.29) is 11.8 Å². The number of nitrogens with zero attached hydrogens (tertiary/aromatic N) is 3. The number of nitrogens with one attached hydrogen (secondary N) is 1. The van der Waals surface area contributed by atoms with Crippen molar-refractivity contribution in [1.29, 1.82) is 0 Å². The smallest absolute Gasteiger partial charge is 0.241 e. The maximum absolute atomic E-state index is 12.8. The summed E-state index contributed by atoms with van der Waals surface area (Å²) in [6, 6.07) is 11.1. The number of rotatable bonds is 5. The minimum Gasteiger partial charge on any atom is -0.338 e. The van der Waals surface area contributed by atoms with Crippen molar-refractivity contribution in [2.45, 2.75) is 26.3 Å². The van der Waals surface area contributed by atoms with Gasteiger partial charge in [0.15, 0.2) is 0 Å². The second-order valence-electron chi connectivity index (χ2n) is 7.69. The van der Waals surface area contributed by atoms with Crippen LogP contribution >= 0.6 is 34.8 Å². The first-order chi connectivity index (χ1) is 14.9. The first kappa shape index (κ1) is 22.1. The monoisotopic (exact) mass is 478 g/mol. The van der Waals surface area contributed by atoms with Crippen LogP contribution in [-0.2, 0) is 11.3 Å². The fourth-order valence-electron chi connectivity index (χ4n) is 3.68. The van der Waals surface area contributed by atoms with Gasteiger partial charge in [-0.25, -0.2) is 0 Å². The largest absolute Gasteiger partial charge is 0.338 e. The molecular formula is C22H21Cl3N4O2. The predicted molar refractivity (Wildman–Crippen MR) is 123 cm³/mol. The molecule has 31 heavy (non-hydrogen) atoms. The van der Waals surface area contributed by atoms with Gasteiger partial charge < -0.3 is 9.84 Å². The van der Waals surface area contributed by atoms with Crippen molar-refractivity contribution in [2.24, 2.45) is 5.92 Å². The van der Waals surface area contributed by atoms with Crippen molar-refractivity contribution >= 4 is 46.4 Å². The molecule has 1 aliphatic rings. The van der Waals surface area contributed by atoms with E-state index in [1.807, 2.05) is 31.2 Å². The summed E-state index contributed by atoms with van der Waals surface area (Å²) in [5, 5.41) is 8.01. The molecule has 0 aliphatic carbocycles. The fourth-order valence-corrected chi connectivity index (χ4v) is 4.27. The van der Waals surface area contributed by atoms with E-state index < -0.39 is 0 Å². The predicted octanol–water partition coefficient (Wildman–Crippen LogP) is 5.86. The van der Waals surface area contributed by atoms with Gasteiger partial charge in [-0.3, -0.25) is 9.69 Å². The molecule has 0 spiro atoms. The lowest BCUT2D eigenvalue weighted by molar-refractivity contribution is -0.121. The Kier molecular flexibility index (Phi) is 6.82. The normalized spacial score (nSPS) is 17.0. The Balaban J connectivity index is 1.39. The summed E-state index contributed by atoms with van der Waals surface area (Å²) < 4.78 is 5.45. The van der Waals surface area contributed by atoms with Crippen LogP contribution in [0.5, 0.6) is 0 Å². The molecule has 2 heterocycles. The second kappa shape index (κ2) is 9.57. The van der Waals surface area contributed by atoms with E-state index in [1.165, 1.54) is 6.07 Å². The van der Waals surface area contributed by atoms with Gasteiger partial charge >= 0.3 is 0 Å². The van der Waals surface area contributed by atoms with Crippen molar-refractivity contribution < 1.29 is 9.32 Å². The molecule has 1 saturated heterocycles. The Hall–Kier alpha value is -2.12. The summed E-state index contributed by atoms with van der Waals surface area (Å²) in [4.78, 5) is 19.5. The van der Waals surface area contributed by atoms with Crippen molar-refractivity contribution in [3.63, 3.8) is 0 Å². The average molecular weight is 480 g/mol. The van der Waals surface area contributed by atoms with Crippen LogP contribution < -0.4 is 5.32 Å². The first-order valence-corrected chi connectivity index (χ1v) is 11.1. The first-order valence-electron chi connectivity index (χ1n) is 9.96. The SMILES string of the molecule is Cc1cccc(-c2noc(CN3CCCC(C(=O)Nc4cc(Cl)c(Cl)cc4Cl)C3)n2)c1. The Labute approximate surface area is 195 Å². The van der Waals surface area contributed by atoms with Crippen LogP contribution in [0, 0.1) is 12.8 Å². The number of benzene rings is 2. The second-order valence-corrected chi connectivity index (χ2v) is 8.91. The van der Waals surface area contributed by atoms with Crippen molar-refractivity contribution in [3.05, 3.63) is 62.9 Å². The highest BCUT2D eigenvalue weighted by Gasteiger charge is 2.27. The Morgan fingerprint density at radius 3 is 2.81 bits per heavy atom. The van der Waals surface area contributed by atoms with Crippen LogP contribution in [0.15, 0.2) is 40.9 Å². The highest BCUT2D eigenvalue weighted by molar-refractivity contribution is 6.44. The maximum atomic E-state index is 12.8. The van der Waals surface area contributed by atoms with E-state index in [0.717, 1.165) is 30.5 Å². The molecule has 3 aromatic rings. The molecule has 9 heteroatoms. The number of aryl methyl sites for hydroxylation is 1. The van der Waals surface area contributed by atoms with E-state index in [2.05, 4.69) is 20.4 Å². The van der Waals surface area contributed by atoms with E-state index in [0.29, 0.717) is 45.6 Å². The number of amides is 1. The Morgan fingerprint density at radius 1 is 1.19 bits per heavy atom. The summed E-state index contributed by atoms with van der Waals surface area (Å²) in [7, 11) is 0. The minimum atomic E-state index is -0.182. The molecule has 4 rings (SSSR count). The average Bonchev–Trinajstić information content (AvgIpc) is 3.20. The molecule has 1 aliphatic heterocycles. The van der Waals surface area contributed by atoms with E-state index >= 15 is 0 Å². The lowest BCUT2D eigenvalue weighted by Crippen LogP contribution is -2.40. The van der Waals surface area contributed by atoms with Gasteiger partial charge in [0.25, 0.3) is 0 Å². The molecule has 1 aromatic heterocycles. The highest BCUT2D eigenvalue weighted by Crippen LogP contribution is 2.33. The summed E-state index contributed by atoms with van der Waals surface area (Å²) in [6.45, 7) is 3.97. The summed E-state index contributed by atoms with van der Waals surface area (Å²) in [5.41, 5.74) is 2.51. The molecule has 0 saturated carbocycles. The molecule has 0 radical (unpaired) electrons. The fraction of sp³-hybridized carbons (Fsp3) is 0.318. The third kappa shape index (κ3) is 5.39. The molecule has 1 amide bonds. The van der Waals surface area contributed by atoms with Crippen LogP contribution in [-0.4, -0.2) is 34.0 Å².